The Balaban J connectivity index is 2.23. The van der Waals surface area contributed by atoms with E-state index in [-0.39, 0.29) is 5.75 Å². The van der Waals surface area contributed by atoms with E-state index in [1.807, 2.05) is 6.92 Å². The van der Waals surface area contributed by atoms with E-state index >= 15 is 0 Å². The van der Waals surface area contributed by atoms with E-state index in [0.717, 1.165) is 29.4 Å². The van der Waals surface area contributed by atoms with E-state index in [9.17, 15) is 8.42 Å². The van der Waals surface area contributed by atoms with Crippen LogP contribution in [0.5, 0.6) is 0 Å². The Morgan fingerprint density at radius 1 is 1.39 bits per heavy atom. The third-order valence-electron chi connectivity index (χ3n) is 2.31. The summed E-state index contributed by atoms with van der Waals surface area (Å²) < 4.78 is 25.9. The molecule has 0 bridgehead atoms. The van der Waals surface area contributed by atoms with E-state index in [2.05, 4.69) is 21.9 Å². The van der Waals surface area contributed by atoms with Crippen LogP contribution in [0.25, 0.3) is 0 Å². The molecule has 0 unspecified atom stereocenters. The average molecular weight is 291 g/mol. The largest absolute Gasteiger partial charge is 0.317 e. The number of rotatable bonds is 9. The van der Waals surface area contributed by atoms with Crippen LogP contribution >= 0.6 is 11.3 Å². The van der Waals surface area contributed by atoms with Crippen molar-refractivity contribution in [2.75, 3.05) is 18.8 Å². The number of aromatic nitrogens is 1. The van der Waals surface area contributed by atoms with Crippen LogP contribution in [-0.2, 0) is 16.6 Å². The molecule has 0 amide bonds. The first-order valence-electron chi connectivity index (χ1n) is 6.13. The van der Waals surface area contributed by atoms with Crippen LogP contribution in [0.3, 0.4) is 0 Å². The molecule has 0 saturated heterocycles. The monoisotopic (exact) mass is 291 g/mol. The molecule has 7 heteroatoms. The minimum Gasteiger partial charge on any atom is -0.317 e. The Kier molecular flexibility index (Phi) is 6.77. The fourth-order valence-corrected chi connectivity index (χ4v) is 3.26. The maximum absolute atomic E-state index is 11.7. The lowest BCUT2D eigenvalue weighted by Crippen LogP contribution is -2.28. The molecule has 0 spiro atoms. The molecule has 0 radical (unpaired) electrons. The molecule has 0 atom stereocenters. The summed E-state index contributed by atoms with van der Waals surface area (Å²) in [5, 5.41) is 3.99. The van der Waals surface area contributed by atoms with Gasteiger partial charge in [-0.2, -0.15) is 0 Å². The lowest BCUT2D eigenvalue weighted by molar-refractivity contribution is 0.574. The van der Waals surface area contributed by atoms with Gasteiger partial charge in [0.15, 0.2) is 0 Å². The topological polar surface area (TPSA) is 71.1 Å². The van der Waals surface area contributed by atoms with Gasteiger partial charge in [-0.25, -0.2) is 18.1 Å². The predicted molar refractivity (Wildman–Crippen MR) is 75.3 cm³/mol. The number of thiazole rings is 1. The minimum atomic E-state index is -3.18. The average Bonchev–Trinajstić information content (AvgIpc) is 2.73. The van der Waals surface area contributed by atoms with Crippen molar-refractivity contribution in [3.05, 3.63) is 16.1 Å². The van der Waals surface area contributed by atoms with Gasteiger partial charge in [0.25, 0.3) is 0 Å². The summed E-state index contributed by atoms with van der Waals surface area (Å²) in [6, 6.07) is 0. The Hall–Kier alpha value is -0.500. The first kappa shape index (κ1) is 15.6. The van der Waals surface area contributed by atoms with Crippen molar-refractivity contribution in [1.29, 1.82) is 0 Å². The number of hydrogen-bond acceptors (Lipinski definition) is 5. The second kappa shape index (κ2) is 7.83. The van der Waals surface area contributed by atoms with Gasteiger partial charge in [0.2, 0.25) is 10.0 Å². The predicted octanol–water partition coefficient (Wildman–Crippen LogP) is 1.26. The molecule has 0 aliphatic carbocycles. The van der Waals surface area contributed by atoms with Crippen molar-refractivity contribution in [2.24, 2.45) is 0 Å². The number of nitrogens with zero attached hydrogens (tertiary/aromatic N) is 1. The van der Waals surface area contributed by atoms with Gasteiger partial charge in [-0.15, -0.1) is 11.3 Å². The number of nitrogens with one attached hydrogen (secondary N) is 2. The standard InChI is InChI=1S/C11H21N3O2S2/c1-3-5-12-6-4-7-18(15,16)14-9-11-13-8-10(2)17-11/h8,12,14H,3-7,9H2,1-2H3. The SMILES string of the molecule is CCCNCCCS(=O)(=O)NCc1ncc(C)s1. The summed E-state index contributed by atoms with van der Waals surface area (Å²) in [4.78, 5) is 5.21. The molecule has 104 valence electrons. The first-order chi connectivity index (χ1) is 8.53. The van der Waals surface area contributed by atoms with Gasteiger partial charge in [-0.1, -0.05) is 6.92 Å². The van der Waals surface area contributed by atoms with Gasteiger partial charge in [0.05, 0.1) is 12.3 Å². The lowest BCUT2D eigenvalue weighted by Gasteiger charge is -2.05. The zero-order chi connectivity index (χ0) is 13.4. The van der Waals surface area contributed by atoms with E-state index in [4.69, 9.17) is 0 Å². The molecule has 2 N–H and O–H groups in total. The fourth-order valence-electron chi connectivity index (χ4n) is 1.42. The van der Waals surface area contributed by atoms with E-state index in [0.29, 0.717) is 13.0 Å². The zero-order valence-electron chi connectivity index (χ0n) is 10.9. The summed E-state index contributed by atoms with van der Waals surface area (Å²) in [5.41, 5.74) is 0. The molecular weight excluding hydrogens is 270 g/mol. The van der Waals surface area contributed by atoms with E-state index < -0.39 is 10.0 Å². The molecule has 0 aliphatic rings. The highest BCUT2D eigenvalue weighted by atomic mass is 32.2. The summed E-state index contributed by atoms with van der Waals surface area (Å²) in [5.74, 6) is 0.161. The van der Waals surface area contributed by atoms with Gasteiger partial charge in [0.1, 0.15) is 5.01 Å². The third-order valence-corrected chi connectivity index (χ3v) is 4.63. The van der Waals surface area contributed by atoms with Crippen molar-refractivity contribution in [2.45, 2.75) is 33.2 Å². The Labute approximate surface area is 113 Å². The van der Waals surface area contributed by atoms with Crippen molar-refractivity contribution in [1.82, 2.24) is 15.0 Å². The molecule has 1 aromatic heterocycles. The molecular formula is C11H21N3O2S2. The van der Waals surface area contributed by atoms with Gasteiger partial charge >= 0.3 is 0 Å². The highest BCUT2D eigenvalue weighted by Crippen LogP contribution is 2.10. The van der Waals surface area contributed by atoms with E-state index in [1.54, 1.807) is 6.20 Å². The highest BCUT2D eigenvalue weighted by Gasteiger charge is 2.10. The lowest BCUT2D eigenvalue weighted by atomic mass is 10.4. The van der Waals surface area contributed by atoms with Crippen molar-refractivity contribution < 1.29 is 8.42 Å². The quantitative estimate of drug-likeness (QED) is 0.672. The summed E-state index contributed by atoms with van der Waals surface area (Å²) >= 11 is 1.51. The minimum absolute atomic E-state index is 0.161. The highest BCUT2D eigenvalue weighted by molar-refractivity contribution is 7.89. The maximum Gasteiger partial charge on any atom is 0.212 e. The molecule has 0 aliphatic heterocycles. The van der Waals surface area contributed by atoms with Crippen molar-refractivity contribution in [3.8, 4) is 0 Å². The number of sulfonamides is 1. The Bertz CT molecular complexity index is 443. The van der Waals surface area contributed by atoms with Gasteiger partial charge in [-0.05, 0) is 32.9 Å². The second-order valence-corrected chi connectivity index (χ2v) is 7.35. The van der Waals surface area contributed by atoms with Crippen LogP contribution in [0.15, 0.2) is 6.20 Å². The van der Waals surface area contributed by atoms with E-state index in [1.165, 1.54) is 11.3 Å². The maximum atomic E-state index is 11.7. The summed E-state index contributed by atoms with van der Waals surface area (Å²) in [6.45, 7) is 6.01. The van der Waals surface area contributed by atoms with Crippen LogP contribution in [0.4, 0.5) is 0 Å². The third kappa shape index (κ3) is 6.44. The molecule has 0 aromatic carbocycles. The Morgan fingerprint density at radius 2 is 2.17 bits per heavy atom. The van der Waals surface area contributed by atoms with Crippen molar-refractivity contribution >= 4 is 21.4 Å². The molecule has 5 nitrogen and oxygen atoms in total. The molecule has 1 aromatic rings. The van der Waals surface area contributed by atoms with Crippen LogP contribution in [-0.4, -0.2) is 32.2 Å². The van der Waals surface area contributed by atoms with Crippen LogP contribution in [0, 0.1) is 6.92 Å². The fraction of sp³-hybridized carbons (Fsp3) is 0.727. The molecule has 18 heavy (non-hydrogen) atoms. The molecule has 1 rings (SSSR count). The van der Waals surface area contributed by atoms with Gasteiger partial charge in [-0.3, -0.25) is 0 Å². The van der Waals surface area contributed by atoms with Crippen LogP contribution < -0.4 is 10.0 Å². The van der Waals surface area contributed by atoms with Crippen LogP contribution in [0.1, 0.15) is 29.7 Å². The molecule has 1 heterocycles. The Morgan fingerprint density at radius 3 is 2.78 bits per heavy atom. The summed E-state index contributed by atoms with van der Waals surface area (Å²) in [7, 11) is -3.18. The number of aryl methyl sites for hydroxylation is 1. The van der Waals surface area contributed by atoms with Crippen LogP contribution in [0.2, 0.25) is 0 Å². The molecule has 0 fully saturated rings. The molecule has 0 saturated carbocycles. The summed E-state index contributed by atoms with van der Waals surface area (Å²) in [6.07, 6.45) is 3.45. The van der Waals surface area contributed by atoms with Gasteiger partial charge < -0.3 is 5.32 Å². The number of hydrogen-bond donors (Lipinski definition) is 2. The smallest absolute Gasteiger partial charge is 0.212 e. The normalized spacial score (nSPS) is 11.9. The van der Waals surface area contributed by atoms with Crippen molar-refractivity contribution in [3.63, 3.8) is 0 Å². The second-order valence-electron chi connectivity index (χ2n) is 4.11. The first-order valence-corrected chi connectivity index (χ1v) is 8.59. The van der Waals surface area contributed by atoms with Gasteiger partial charge in [0, 0.05) is 11.1 Å². The zero-order valence-corrected chi connectivity index (χ0v) is 12.5.